The molecule has 1 heterocycles. The Hall–Kier alpha value is -3.03. The summed E-state index contributed by atoms with van der Waals surface area (Å²) in [5, 5.41) is 14.7. The molecular weight excluding hydrogens is 266 g/mol. The quantitative estimate of drug-likeness (QED) is 0.468. The molecule has 0 saturated carbocycles. The van der Waals surface area contributed by atoms with E-state index in [-0.39, 0.29) is 17.1 Å². The molecule has 0 saturated heterocycles. The average molecular weight is 275 g/mol. The number of aromatic nitrogens is 2. The van der Waals surface area contributed by atoms with Crippen molar-refractivity contribution in [3.63, 3.8) is 0 Å². The summed E-state index contributed by atoms with van der Waals surface area (Å²) < 4.78 is 5.29. The van der Waals surface area contributed by atoms with E-state index in [9.17, 15) is 19.7 Å². The summed E-state index contributed by atoms with van der Waals surface area (Å²) in [5.74, 6) is -0.739. The van der Waals surface area contributed by atoms with Crippen molar-refractivity contribution in [1.29, 1.82) is 0 Å². The number of esters is 1. The van der Waals surface area contributed by atoms with E-state index in [1.54, 1.807) is 0 Å². The second-order valence-corrected chi connectivity index (χ2v) is 3.71. The van der Waals surface area contributed by atoms with E-state index < -0.39 is 16.5 Å². The van der Waals surface area contributed by atoms with E-state index in [2.05, 4.69) is 9.84 Å². The number of nitro benzene ring substituents is 1. The SMILES string of the molecule is COC(=O)c1ccc(=O)n(-c2ccccc2[N+](=O)[O-])n1. The van der Waals surface area contributed by atoms with E-state index in [1.165, 1.54) is 37.4 Å². The number of carbonyl (C=O) groups is 1. The Morgan fingerprint density at radius 1 is 1.30 bits per heavy atom. The summed E-state index contributed by atoms with van der Waals surface area (Å²) in [4.78, 5) is 33.5. The van der Waals surface area contributed by atoms with Crippen LogP contribution in [0, 0.1) is 10.1 Å². The molecule has 0 fully saturated rings. The maximum absolute atomic E-state index is 11.8. The zero-order valence-electron chi connectivity index (χ0n) is 10.3. The van der Waals surface area contributed by atoms with Gasteiger partial charge in [-0.2, -0.15) is 9.78 Å². The third kappa shape index (κ3) is 2.39. The van der Waals surface area contributed by atoms with Crippen LogP contribution in [-0.4, -0.2) is 27.8 Å². The lowest BCUT2D eigenvalue weighted by molar-refractivity contribution is -0.384. The number of ether oxygens (including phenoxy) is 1. The average Bonchev–Trinajstić information content (AvgIpc) is 2.47. The molecule has 0 aliphatic heterocycles. The van der Waals surface area contributed by atoms with Crippen LogP contribution in [-0.2, 0) is 4.74 Å². The van der Waals surface area contributed by atoms with Crippen LogP contribution in [0.2, 0.25) is 0 Å². The number of methoxy groups -OCH3 is 1. The van der Waals surface area contributed by atoms with E-state index in [0.717, 1.165) is 10.7 Å². The van der Waals surface area contributed by atoms with Crippen molar-refractivity contribution in [2.75, 3.05) is 7.11 Å². The van der Waals surface area contributed by atoms with Crippen LogP contribution in [0.3, 0.4) is 0 Å². The Balaban J connectivity index is 2.67. The lowest BCUT2D eigenvalue weighted by Gasteiger charge is -2.06. The van der Waals surface area contributed by atoms with Gasteiger partial charge in [0, 0.05) is 12.1 Å². The predicted molar refractivity (Wildman–Crippen MR) is 67.8 cm³/mol. The zero-order chi connectivity index (χ0) is 14.7. The Bertz CT molecular complexity index is 738. The fraction of sp³-hybridized carbons (Fsp3) is 0.0833. The molecule has 102 valence electrons. The van der Waals surface area contributed by atoms with Crippen LogP contribution in [0.1, 0.15) is 10.5 Å². The maximum Gasteiger partial charge on any atom is 0.358 e. The Labute approximate surface area is 112 Å². The normalized spacial score (nSPS) is 10.1. The van der Waals surface area contributed by atoms with Crippen LogP contribution in [0.4, 0.5) is 5.69 Å². The second kappa shape index (κ2) is 5.31. The lowest BCUT2D eigenvalue weighted by Crippen LogP contribution is -2.23. The lowest BCUT2D eigenvalue weighted by atomic mass is 10.2. The second-order valence-electron chi connectivity index (χ2n) is 3.71. The van der Waals surface area contributed by atoms with Crippen LogP contribution < -0.4 is 5.56 Å². The molecule has 0 atom stereocenters. The molecule has 1 aromatic carbocycles. The minimum Gasteiger partial charge on any atom is -0.464 e. The van der Waals surface area contributed by atoms with Gasteiger partial charge in [0.05, 0.1) is 12.0 Å². The van der Waals surface area contributed by atoms with Crippen LogP contribution in [0.15, 0.2) is 41.2 Å². The topological polar surface area (TPSA) is 104 Å². The van der Waals surface area contributed by atoms with Crippen molar-refractivity contribution in [3.05, 3.63) is 62.6 Å². The van der Waals surface area contributed by atoms with E-state index in [1.807, 2.05) is 0 Å². The van der Waals surface area contributed by atoms with Gasteiger partial charge in [-0.3, -0.25) is 14.9 Å². The van der Waals surface area contributed by atoms with E-state index >= 15 is 0 Å². The molecule has 2 aromatic rings. The summed E-state index contributed by atoms with van der Waals surface area (Å²) in [7, 11) is 1.17. The first-order valence-electron chi connectivity index (χ1n) is 5.47. The van der Waals surface area contributed by atoms with Crippen molar-refractivity contribution in [2.45, 2.75) is 0 Å². The fourth-order valence-electron chi connectivity index (χ4n) is 1.59. The van der Waals surface area contributed by atoms with Crippen LogP contribution >= 0.6 is 0 Å². The number of carbonyl (C=O) groups excluding carboxylic acids is 1. The van der Waals surface area contributed by atoms with Crippen LogP contribution in [0.25, 0.3) is 5.69 Å². The fourth-order valence-corrected chi connectivity index (χ4v) is 1.59. The maximum atomic E-state index is 11.8. The summed E-state index contributed by atoms with van der Waals surface area (Å²) in [5.41, 5.74) is -1.02. The first-order valence-corrected chi connectivity index (χ1v) is 5.47. The molecule has 2 rings (SSSR count). The number of hydrogen-bond acceptors (Lipinski definition) is 6. The van der Waals surface area contributed by atoms with Crippen molar-refractivity contribution in [2.24, 2.45) is 0 Å². The third-order valence-corrected chi connectivity index (χ3v) is 2.50. The van der Waals surface area contributed by atoms with Gasteiger partial charge in [0.15, 0.2) is 5.69 Å². The van der Waals surface area contributed by atoms with Gasteiger partial charge in [-0.05, 0) is 12.1 Å². The summed E-state index contributed by atoms with van der Waals surface area (Å²) in [6.07, 6.45) is 0. The molecule has 8 heteroatoms. The van der Waals surface area contributed by atoms with Crippen molar-refractivity contribution in [1.82, 2.24) is 9.78 Å². The highest BCUT2D eigenvalue weighted by Gasteiger charge is 2.18. The highest BCUT2D eigenvalue weighted by Crippen LogP contribution is 2.19. The number of para-hydroxylation sites is 2. The van der Waals surface area contributed by atoms with Gasteiger partial charge in [-0.1, -0.05) is 12.1 Å². The first kappa shape index (κ1) is 13.4. The van der Waals surface area contributed by atoms with Crippen molar-refractivity contribution >= 4 is 11.7 Å². The minimum atomic E-state index is -0.739. The van der Waals surface area contributed by atoms with Crippen molar-refractivity contribution in [3.8, 4) is 5.69 Å². The highest BCUT2D eigenvalue weighted by molar-refractivity contribution is 5.86. The van der Waals surface area contributed by atoms with E-state index in [4.69, 9.17) is 0 Å². The minimum absolute atomic E-state index is 0.0201. The molecule has 0 spiro atoms. The molecule has 0 amide bonds. The molecule has 0 unspecified atom stereocenters. The molecule has 0 radical (unpaired) electrons. The van der Waals surface area contributed by atoms with Crippen LogP contribution in [0.5, 0.6) is 0 Å². The monoisotopic (exact) mass is 275 g/mol. The standard InChI is InChI=1S/C12H9N3O5/c1-20-12(17)8-6-7-11(16)14(13-8)9-4-2-3-5-10(9)15(18)19/h2-7H,1H3. The first-order chi connectivity index (χ1) is 9.54. The number of nitrogens with zero attached hydrogens (tertiary/aromatic N) is 3. The molecule has 0 bridgehead atoms. The van der Waals surface area contributed by atoms with E-state index in [0.29, 0.717) is 0 Å². The molecule has 20 heavy (non-hydrogen) atoms. The molecule has 0 N–H and O–H groups in total. The van der Waals surface area contributed by atoms with Gasteiger partial charge >= 0.3 is 5.97 Å². The molecule has 1 aromatic heterocycles. The number of benzene rings is 1. The molecule has 0 aliphatic rings. The number of hydrogen-bond donors (Lipinski definition) is 0. The highest BCUT2D eigenvalue weighted by atomic mass is 16.6. The Morgan fingerprint density at radius 3 is 2.65 bits per heavy atom. The summed E-state index contributed by atoms with van der Waals surface area (Å²) in [6.45, 7) is 0. The Kier molecular flexibility index (Phi) is 3.56. The predicted octanol–water partition coefficient (Wildman–Crippen LogP) is 0.927. The van der Waals surface area contributed by atoms with Gasteiger partial charge < -0.3 is 4.74 Å². The van der Waals surface area contributed by atoms with Gasteiger partial charge in [0.2, 0.25) is 0 Å². The van der Waals surface area contributed by atoms with Gasteiger partial charge in [0.1, 0.15) is 5.69 Å². The van der Waals surface area contributed by atoms with Gasteiger partial charge in [0.25, 0.3) is 11.2 Å². The largest absolute Gasteiger partial charge is 0.464 e. The van der Waals surface area contributed by atoms with Gasteiger partial charge in [-0.25, -0.2) is 4.79 Å². The third-order valence-electron chi connectivity index (χ3n) is 2.50. The Morgan fingerprint density at radius 2 is 2.00 bits per heavy atom. The zero-order valence-corrected chi connectivity index (χ0v) is 10.3. The van der Waals surface area contributed by atoms with Crippen molar-refractivity contribution < 1.29 is 14.5 Å². The molecule has 8 nitrogen and oxygen atoms in total. The summed E-state index contributed by atoms with van der Waals surface area (Å²) >= 11 is 0. The smallest absolute Gasteiger partial charge is 0.358 e. The molecular formula is C12H9N3O5. The number of rotatable bonds is 3. The number of nitro groups is 1. The van der Waals surface area contributed by atoms with Gasteiger partial charge in [-0.15, -0.1) is 0 Å². The molecule has 0 aliphatic carbocycles. The summed E-state index contributed by atoms with van der Waals surface area (Å²) in [6, 6.07) is 7.90.